The molecule has 1 fully saturated rings. The van der Waals surface area contributed by atoms with Crippen LogP contribution >= 0.6 is 11.6 Å². The van der Waals surface area contributed by atoms with Gasteiger partial charge in [0.25, 0.3) is 5.56 Å². The molecule has 3 heterocycles. The first-order valence-corrected chi connectivity index (χ1v) is 11.5. The lowest BCUT2D eigenvalue weighted by Gasteiger charge is -2.36. The Balaban J connectivity index is 1.29. The SMILES string of the molecule is Cc1ccc(-c2cc3[nH]c(=O)n(CCN4CCN(c5ccccc5Cl)CC4)c(=O)c3[nH]2)cc1. The van der Waals surface area contributed by atoms with E-state index in [1.807, 2.05) is 61.5 Å². The number of fused-ring (bicyclic) bond motifs is 1. The number of nitrogens with one attached hydrogen (secondary N) is 2. The lowest BCUT2D eigenvalue weighted by atomic mass is 10.1. The molecule has 2 aromatic carbocycles. The van der Waals surface area contributed by atoms with E-state index in [9.17, 15) is 9.59 Å². The van der Waals surface area contributed by atoms with Crippen molar-refractivity contribution in [2.24, 2.45) is 0 Å². The second-order valence-corrected chi connectivity index (χ2v) is 8.91. The fraction of sp³-hybridized carbons (Fsp3) is 0.280. The Morgan fingerprint density at radius 3 is 2.36 bits per heavy atom. The van der Waals surface area contributed by atoms with Crippen LogP contribution in [0.15, 0.2) is 64.2 Å². The summed E-state index contributed by atoms with van der Waals surface area (Å²) in [6.07, 6.45) is 0. The third-order valence-corrected chi connectivity index (χ3v) is 6.65. The van der Waals surface area contributed by atoms with Crippen LogP contribution < -0.4 is 16.1 Å². The highest BCUT2D eigenvalue weighted by Crippen LogP contribution is 2.26. The van der Waals surface area contributed by atoms with Crippen molar-refractivity contribution in [2.75, 3.05) is 37.6 Å². The number of benzene rings is 2. The summed E-state index contributed by atoms with van der Waals surface area (Å²) in [5.41, 5.74) is 4.29. The van der Waals surface area contributed by atoms with Crippen molar-refractivity contribution in [1.29, 1.82) is 0 Å². The fourth-order valence-corrected chi connectivity index (χ4v) is 4.64. The number of aromatic amines is 2. The number of hydrogen-bond donors (Lipinski definition) is 2. The zero-order valence-electron chi connectivity index (χ0n) is 18.5. The molecule has 1 aliphatic heterocycles. The Kier molecular flexibility index (Phi) is 5.83. The predicted octanol–water partition coefficient (Wildman–Crippen LogP) is 3.47. The maximum Gasteiger partial charge on any atom is 0.328 e. The first kappa shape index (κ1) is 21.6. The van der Waals surface area contributed by atoms with Crippen LogP contribution in [0.4, 0.5) is 5.69 Å². The Bertz CT molecular complexity index is 1400. The third kappa shape index (κ3) is 4.34. The van der Waals surface area contributed by atoms with Crippen LogP contribution in [0.1, 0.15) is 5.56 Å². The number of nitrogens with zero attached hydrogens (tertiary/aromatic N) is 3. The first-order valence-electron chi connectivity index (χ1n) is 11.1. The molecule has 0 amide bonds. The molecule has 7 nitrogen and oxygen atoms in total. The largest absolute Gasteiger partial charge is 0.368 e. The van der Waals surface area contributed by atoms with Crippen molar-refractivity contribution in [3.63, 3.8) is 0 Å². The van der Waals surface area contributed by atoms with Crippen molar-refractivity contribution in [1.82, 2.24) is 19.4 Å². The molecule has 0 atom stereocenters. The normalized spacial score (nSPS) is 14.8. The van der Waals surface area contributed by atoms with Gasteiger partial charge in [-0.15, -0.1) is 0 Å². The lowest BCUT2D eigenvalue weighted by molar-refractivity contribution is 0.246. The van der Waals surface area contributed by atoms with Gasteiger partial charge in [-0.2, -0.15) is 0 Å². The molecule has 0 saturated carbocycles. The van der Waals surface area contributed by atoms with Gasteiger partial charge in [-0.3, -0.25) is 14.3 Å². The summed E-state index contributed by atoms with van der Waals surface area (Å²) in [5, 5.41) is 0.758. The predicted molar refractivity (Wildman–Crippen MR) is 133 cm³/mol. The van der Waals surface area contributed by atoms with Crippen LogP contribution in [0.5, 0.6) is 0 Å². The van der Waals surface area contributed by atoms with Gasteiger partial charge >= 0.3 is 5.69 Å². The Morgan fingerprint density at radius 1 is 0.909 bits per heavy atom. The third-order valence-electron chi connectivity index (χ3n) is 6.33. The average molecular weight is 464 g/mol. The van der Waals surface area contributed by atoms with Crippen LogP contribution in [0.2, 0.25) is 5.02 Å². The zero-order chi connectivity index (χ0) is 22.9. The molecule has 8 heteroatoms. The first-order chi connectivity index (χ1) is 16.0. The van der Waals surface area contributed by atoms with Crippen molar-refractivity contribution < 1.29 is 0 Å². The molecular weight excluding hydrogens is 438 g/mol. The number of rotatable bonds is 5. The van der Waals surface area contributed by atoms with Crippen molar-refractivity contribution in [3.05, 3.63) is 86.0 Å². The van der Waals surface area contributed by atoms with Crippen LogP contribution in [-0.2, 0) is 6.54 Å². The van der Waals surface area contributed by atoms with Crippen LogP contribution in [0, 0.1) is 6.92 Å². The highest BCUT2D eigenvalue weighted by Gasteiger charge is 2.19. The number of halogens is 1. The summed E-state index contributed by atoms with van der Waals surface area (Å²) in [5.74, 6) is 0. The van der Waals surface area contributed by atoms with Crippen molar-refractivity contribution in [2.45, 2.75) is 13.5 Å². The molecular formula is C25H26ClN5O2. The number of para-hydroxylation sites is 1. The average Bonchev–Trinajstić information content (AvgIpc) is 3.24. The van der Waals surface area contributed by atoms with Crippen LogP contribution in [0.25, 0.3) is 22.3 Å². The van der Waals surface area contributed by atoms with Crippen molar-refractivity contribution >= 4 is 28.3 Å². The van der Waals surface area contributed by atoms with Crippen LogP contribution in [-0.4, -0.2) is 52.2 Å². The van der Waals surface area contributed by atoms with Gasteiger partial charge in [0.1, 0.15) is 5.52 Å². The second kappa shape index (κ2) is 8.92. The Hall–Kier alpha value is -3.29. The maximum atomic E-state index is 13.1. The van der Waals surface area contributed by atoms with Gasteiger partial charge in [-0.1, -0.05) is 53.6 Å². The van der Waals surface area contributed by atoms with Crippen molar-refractivity contribution in [3.8, 4) is 11.3 Å². The minimum atomic E-state index is -0.378. The molecule has 33 heavy (non-hydrogen) atoms. The van der Waals surface area contributed by atoms with Gasteiger partial charge in [-0.25, -0.2) is 4.79 Å². The number of aromatic nitrogens is 3. The molecule has 5 rings (SSSR count). The maximum absolute atomic E-state index is 13.1. The minimum absolute atomic E-state index is 0.290. The van der Waals surface area contributed by atoms with Gasteiger partial charge in [0, 0.05) is 45.0 Å². The fourth-order valence-electron chi connectivity index (χ4n) is 4.39. The summed E-state index contributed by atoms with van der Waals surface area (Å²) in [7, 11) is 0. The van der Waals surface area contributed by atoms with E-state index in [-0.39, 0.29) is 11.2 Å². The lowest BCUT2D eigenvalue weighted by Crippen LogP contribution is -2.48. The zero-order valence-corrected chi connectivity index (χ0v) is 19.2. The molecule has 1 saturated heterocycles. The van der Waals surface area contributed by atoms with Gasteiger partial charge in [0.05, 0.1) is 16.2 Å². The summed E-state index contributed by atoms with van der Waals surface area (Å²) in [6, 6.07) is 17.7. The smallest absolute Gasteiger partial charge is 0.328 e. The summed E-state index contributed by atoms with van der Waals surface area (Å²) in [4.78, 5) is 36.3. The Labute approximate surface area is 196 Å². The molecule has 4 aromatic rings. The number of aryl methyl sites for hydroxylation is 1. The molecule has 0 bridgehead atoms. The summed E-state index contributed by atoms with van der Waals surface area (Å²) < 4.78 is 1.29. The number of anilines is 1. The minimum Gasteiger partial charge on any atom is -0.368 e. The van der Waals surface area contributed by atoms with Gasteiger partial charge in [0.2, 0.25) is 0 Å². The summed E-state index contributed by atoms with van der Waals surface area (Å²) in [6.45, 7) is 6.41. The number of hydrogen-bond acceptors (Lipinski definition) is 4. The quantitative estimate of drug-likeness (QED) is 0.475. The van der Waals surface area contributed by atoms with Crippen LogP contribution in [0.3, 0.4) is 0 Å². The second-order valence-electron chi connectivity index (χ2n) is 8.50. The van der Waals surface area contributed by atoms with E-state index in [2.05, 4.69) is 19.8 Å². The molecule has 0 aliphatic carbocycles. The van der Waals surface area contributed by atoms with E-state index in [4.69, 9.17) is 11.6 Å². The number of H-pyrrole nitrogens is 2. The van der Waals surface area contributed by atoms with E-state index in [0.29, 0.717) is 24.1 Å². The van der Waals surface area contributed by atoms with Gasteiger partial charge in [0.15, 0.2) is 0 Å². The van der Waals surface area contributed by atoms with E-state index in [1.165, 1.54) is 10.1 Å². The van der Waals surface area contributed by atoms with Gasteiger partial charge in [-0.05, 0) is 30.7 Å². The standard InChI is InChI=1S/C25H26ClN5O2/c1-17-6-8-18(9-7-17)20-16-21-23(27-20)24(32)31(25(33)28-21)15-12-29-10-13-30(14-11-29)22-5-3-2-4-19(22)26/h2-9,16,27H,10-15H2,1H3,(H,28,33). The Morgan fingerprint density at radius 2 is 1.64 bits per heavy atom. The molecule has 170 valence electrons. The van der Waals surface area contributed by atoms with E-state index < -0.39 is 0 Å². The molecule has 2 N–H and O–H groups in total. The molecule has 2 aromatic heterocycles. The topological polar surface area (TPSA) is 77.1 Å². The monoisotopic (exact) mass is 463 g/mol. The number of piperazine rings is 1. The van der Waals surface area contributed by atoms with E-state index in [1.54, 1.807) is 0 Å². The highest BCUT2D eigenvalue weighted by molar-refractivity contribution is 6.33. The molecule has 0 spiro atoms. The van der Waals surface area contributed by atoms with E-state index in [0.717, 1.165) is 48.1 Å². The molecule has 0 radical (unpaired) electrons. The summed E-state index contributed by atoms with van der Waals surface area (Å²) >= 11 is 6.33. The van der Waals surface area contributed by atoms with Gasteiger partial charge < -0.3 is 14.9 Å². The molecule has 1 aliphatic rings. The van der Waals surface area contributed by atoms with E-state index >= 15 is 0 Å². The highest BCUT2D eigenvalue weighted by atomic mass is 35.5. The molecule has 0 unspecified atom stereocenters.